The Balaban J connectivity index is 2.39. The minimum absolute atomic E-state index is 0.0404. The molecule has 0 saturated heterocycles. The highest BCUT2D eigenvalue weighted by atomic mass is 35.5. The van der Waals surface area contributed by atoms with Crippen LogP contribution in [0.1, 0.15) is 5.56 Å². The largest absolute Gasteiger partial charge is 0.278 e. The Morgan fingerprint density at radius 2 is 1.75 bits per heavy atom. The van der Waals surface area contributed by atoms with E-state index in [1.54, 1.807) is 24.3 Å². The van der Waals surface area contributed by atoms with Gasteiger partial charge in [-0.1, -0.05) is 35.3 Å². The number of nitrogens with zero attached hydrogens (tertiary/aromatic N) is 1. The Labute approximate surface area is 126 Å². The number of nitrogens with one attached hydrogen (secondary N) is 1. The SMILES string of the molecule is N#Cc1ccc(S(=O)(=O)Nc2ccccc2Cl)cc1Cl. The number of nitriles is 1. The van der Waals surface area contributed by atoms with Crippen molar-refractivity contribution in [3.63, 3.8) is 0 Å². The number of para-hydroxylation sites is 1. The van der Waals surface area contributed by atoms with E-state index in [4.69, 9.17) is 28.5 Å². The monoisotopic (exact) mass is 326 g/mol. The van der Waals surface area contributed by atoms with Crippen LogP contribution in [0, 0.1) is 11.3 Å². The molecule has 0 spiro atoms. The third-order valence-electron chi connectivity index (χ3n) is 2.49. The van der Waals surface area contributed by atoms with E-state index in [9.17, 15) is 8.42 Å². The first-order valence-electron chi connectivity index (χ1n) is 5.41. The van der Waals surface area contributed by atoms with E-state index in [-0.39, 0.29) is 26.2 Å². The van der Waals surface area contributed by atoms with E-state index in [1.165, 1.54) is 18.2 Å². The molecule has 0 saturated carbocycles. The maximum atomic E-state index is 12.2. The second-order valence-electron chi connectivity index (χ2n) is 3.84. The summed E-state index contributed by atoms with van der Waals surface area (Å²) >= 11 is 11.7. The van der Waals surface area contributed by atoms with E-state index in [0.29, 0.717) is 0 Å². The van der Waals surface area contributed by atoms with E-state index in [2.05, 4.69) is 4.72 Å². The lowest BCUT2D eigenvalue weighted by molar-refractivity contribution is 0.601. The summed E-state index contributed by atoms with van der Waals surface area (Å²) in [7, 11) is -3.81. The van der Waals surface area contributed by atoms with Crippen molar-refractivity contribution in [2.24, 2.45) is 0 Å². The highest BCUT2D eigenvalue weighted by molar-refractivity contribution is 7.92. The van der Waals surface area contributed by atoms with Gasteiger partial charge in [0.25, 0.3) is 10.0 Å². The topological polar surface area (TPSA) is 70.0 Å². The van der Waals surface area contributed by atoms with Gasteiger partial charge in [-0.3, -0.25) is 4.72 Å². The van der Waals surface area contributed by atoms with Gasteiger partial charge in [0.15, 0.2) is 0 Å². The molecule has 0 radical (unpaired) electrons. The summed E-state index contributed by atoms with van der Waals surface area (Å²) in [6.45, 7) is 0. The lowest BCUT2D eigenvalue weighted by Crippen LogP contribution is -2.13. The van der Waals surface area contributed by atoms with Crippen LogP contribution in [0.15, 0.2) is 47.4 Å². The highest BCUT2D eigenvalue weighted by Crippen LogP contribution is 2.26. The molecule has 0 bridgehead atoms. The lowest BCUT2D eigenvalue weighted by atomic mass is 10.2. The van der Waals surface area contributed by atoms with Gasteiger partial charge in [-0.2, -0.15) is 5.26 Å². The van der Waals surface area contributed by atoms with Crippen molar-refractivity contribution in [2.45, 2.75) is 4.90 Å². The first-order valence-corrected chi connectivity index (χ1v) is 7.65. The zero-order valence-corrected chi connectivity index (χ0v) is 12.3. The fourth-order valence-electron chi connectivity index (χ4n) is 1.50. The van der Waals surface area contributed by atoms with Crippen molar-refractivity contribution in [3.8, 4) is 6.07 Å². The van der Waals surface area contributed by atoms with Crippen molar-refractivity contribution in [1.29, 1.82) is 5.26 Å². The molecule has 2 aromatic carbocycles. The van der Waals surface area contributed by atoms with Crippen LogP contribution in [-0.2, 0) is 10.0 Å². The molecule has 0 amide bonds. The number of sulfonamides is 1. The van der Waals surface area contributed by atoms with Crippen molar-refractivity contribution < 1.29 is 8.42 Å². The van der Waals surface area contributed by atoms with Crippen molar-refractivity contribution in [1.82, 2.24) is 0 Å². The molecule has 102 valence electrons. The number of hydrogen-bond donors (Lipinski definition) is 1. The predicted octanol–water partition coefficient (Wildman–Crippen LogP) is 3.67. The van der Waals surface area contributed by atoms with E-state index >= 15 is 0 Å². The zero-order valence-electron chi connectivity index (χ0n) is 9.97. The number of benzene rings is 2. The van der Waals surface area contributed by atoms with Crippen molar-refractivity contribution in [3.05, 3.63) is 58.1 Å². The summed E-state index contributed by atoms with van der Waals surface area (Å²) in [6.07, 6.45) is 0. The Hall–Kier alpha value is -1.74. The molecule has 7 heteroatoms. The number of anilines is 1. The summed E-state index contributed by atoms with van der Waals surface area (Å²) in [5, 5.41) is 9.13. The van der Waals surface area contributed by atoms with Gasteiger partial charge < -0.3 is 0 Å². The van der Waals surface area contributed by atoms with Crippen molar-refractivity contribution in [2.75, 3.05) is 4.72 Å². The summed E-state index contributed by atoms with van der Waals surface area (Å²) in [5.41, 5.74) is 0.484. The van der Waals surface area contributed by atoms with E-state index in [0.717, 1.165) is 0 Å². The zero-order chi connectivity index (χ0) is 14.8. The molecule has 0 fully saturated rings. The second kappa shape index (κ2) is 5.71. The van der Waals surface area contributed by atoms with Crippen LogP contribution in [0.2, 0.25) is 10.0 Å². The Kier molecular flexibility index (Phi) is 4.19. The highest BCUT2D eigenvalue weighted by Gasteiger charge is 2.17. The second-order valence-corrected chi connectivity index (χ2v) is 6.34. The first-order chi connectivity index (χ1) is 9.44. The smallest absolute Gasteiger partial charge is 0.261 e. The fourth-order valence-corrected chi connectivity index (χ4v) is 3.13. The van der Waals surface area contributed by atoms with Crippen LogP contribution in [0.5, 0.6) is 0 Å². The fraction of sp³-hybridized carbons (Fsp3) is 0. The third-order valence-corrected chi connectivity index (χ3v) is 4.49. The Bertz CT molecular complexity index is 798. The van der Waals surface area contributed by atoms with Gasteiger partial charge >= 0.3 is 0 Å². The molecule has 0 atom stereocenters. The molecule has 2 rings (SSSR count). The molecule has 0 aliphatic carbocycles. The molecule has 0 unspecified atom stereocenters. The average Bonchev–Trinajstić information content (AvgIpc) is 2.41. The van der Waals surface area contributed by atoms with Crippen molar-refractivity contribution >= 4 is 38.9 Å². The molecule has 20 heavy (non-hydrogen) atoms. The molecular weight excluding hydrogens is 319 g/mol. The van der Waals surface area contributed by atoms with Crippen LogP contribution in [-0.4, -0.2) is 8.42 Å². The van der Waals surface area contributed by atoms with Gasteiger partial charge in [0, 0.05) is 0 Å². The lowest BCUT2D eigenvalue weighted by Gasteiger charge is -2.09. The standard InChI is InChI=1S/C13H8Cl2N2O2S/c14-11-3-1-2-4-13(11)17-20(18,19)10-6-5-9(8-16)12(15)7-10/h1-7,17H. The van der Waals surface area contributed by atoms with Gasteiger partial charge in [0.05, 0.1) is 26.2 Å². The van der Waals surface area contributed by atoms with Gasteiger partial charge in [0.1, 0.15) is 6.07 Å². The molecule has 2 aromatic rings. The van der Waals surface area contributed by atoms with E-state index < -0.39 is 10.0 Å². The van der Waals surface area contributed by atoms with Gasteiger partial charge in [-0.15, -0.1) is 0 Å². The minimum atomic E-state index is -3.81. The molecule has 0 heterocycles. The van der Waals surface area contributed by atoms with Crippen LogP contribution in [0.25, 0.3) is 0 Å². The minimum Gasteiger partial charge on any atom is -0.278 e. The predicted molar refractivity (Wildman–Crippen MR) is 78.4 cm³/mol. The molecular formula is C13H8Cl2N2O2S. The summed E-state index contributed by atoms with van der Waals surface area (Å²) in [5.74, 6) is 0. The van der Waals surface area contributed by atoms with E-state index in [1.807, 2.05) is 6.07 Å². The molecule has 1 N–H and O–H groups in total. The van der Waals surface area contributed by atoms with Gasteiger partial charge in [-0.25, -0.2) is 8.42 Å². The Morgan fingerprint density at radius 1 is 1.05 bits per heavy atom. The molecule has 4 nitrogen and oxygen atoms in total. The van der Waals surface area contributed by atoms with Crippen LogP contribution >= 0.6 is 23.2 Å². The normalized spacial score (nSPS) is 10.8. The number of hydrogen-bond acceptors (Lipinski definition) is 3. The van der Waals surface area contributed by atoms with Crippen LogP contribution < -0.4 is 4.72 Å². The summed E-state index contributed by atoms with van der Waals surface area (Å²) in [4.78, 5) is -0.0404. The molecule has 0 aliphatic heterocycles. The maximum absolute atomic E-state index is 12.2. The summed E-state index contributed by atoms with van der Waals surface area (Å²) in [6, 6.07) is 12.2. The number of halogens is 2. The van der Waals surface area contributed by atoms with Crippen LogP contribution in [0.3, 0.4) is 0 Å². The molecule has 0 aliphatic rings. The van der Waals surface area contributed by atoms with Gasteiger partial charge in [0.2, 0.25) is 0 Å². The number of rotatable bonds is 3. The van der Waals surface area contributed by atoms with Gasteiger partial charge in [-0.05, 0) is 30.3 Å². The Morgan fingerprint density at radius 3 is 2.35 bits per heavy atom. The third kappa shape index (κ3) is 3.05. The average molecular weight is 327 g/mol. The first kappa shape index (κ1) is 14.7. The summed E-state index contributed by atoms with van der Waals surface area (Å²) < 4.78 is 26.8. The quantitative estimate of drug-likeness (QED) is 0.935. The van der Waals surface area contributed by atoms with Crippen LogP contribution in [0.4, 0.5) is 5.69 Å². The molecule has 0 aromatic heterocycles. The maximum Gasteiger partial charge on any atom is 0.261 e.